The molecule has 0 aliphatic carbocycles. The molecule has 4 N–H and O–H groups in total. The highest BCUT2D eigenvalue weighted by Gasteiger charge is 2.23. The smallest absolute Gasteiger partial charge is 0.337 e. The predicted octanol–water partition coefficient (Wildman–Crippen LogP) is 3.98. The van der Waals surface area contributed by atoms with E-state index in [1.165, 1.54) is 14.0 Å². The molecule has 0 radical (unpaired) electrons. The fraction of sp³-hybridized carbons (Fsp3) is 0.303. The number of ether oxygens (including phenoxy) is 1. The molecule has 1 atom stereocenters. The molecule has 1 fully saturated rings. The lowest BCUT2D eigenvalue weighted by molar-refractivity contribution is -0.120. The molecular formula is C33H39N5O7S. The number of anilines is 1. The van der Waals surface area contributed by atoms with Crippen molar-refractivity contribution < 1.29 is 32.4 Å². The van der Waals surface area contributed by atoms with Gasteiger partial charge in [0.05, 0.1) is 41.9 Å². The lowest BCUT2D eigenvalue weighted by Crippen LogP contribution is -2.52. The van der Waals surface area contributed by atoms with E-state index in [2.05, 4.69) is 22.1 Å². The van der Waals surface area contributed by atoms with E-state index in [0.29, 0.717) is 40.6 Å². The van der Waals surface area contributed by atoms with Gasteiger partial charge in [-0.25, -0.2) is 9.79 Å². The van der Waals surface area contributed by atoms with E-state index < -0.39 is 16.1 Å². The van der Waals surface area contributed by atoms with Gasteiger partial charge < -0.3 is 25.0 Å². The molecule has 3 aromatic carbocycles. The van der Waals surface area contributed by atoms with Gasteiger partial charge in [-0.15, -0.1) is 0 Å². The molecule has 46 heavy (non-hydrogen) atoms. The summed E-state index contributed by atoms with van der Waals surface area (Å²) in [5.41, 5.74) is 4.32. The number of H-pyrrole nitrogens is 1. The number of carbonyl (C=O) groups is 2. The van der Waals surface area contributed by atoms with Gasteiger partial charge in [0.1, 0.15) is 0 Å². The zero-order valence-electron chi connectivity index (χ0n) is 26.2. The molecule has 1 amide bonds. The number of nitrogens with one attached hydrogen (secondary N) is 2. The molecule has 5 rings (SSSR count). The summed E-state index contributed by atoms with van der Waals surface area (Å²) in [6.45, 7) is 6.48. The van der Waals surface area contributed by atoms with Gasteiger partial charge in [-0.05, 0) is 50.2 Å². The maximum absolute atomic E-state index is 13.0. The van der Waals surface area contributed by atoms with E-state index >= 15 is 0 Å². The number of piperazine rings is 1. The van der Waals surface area contributed by atoms with Crippen LogP contribution in [0, 0.1) is 0 Å². The molecule has 2 heterocycles. The van der Waals surface area contributed by atoms with Crippen molar-refractivity contribution in [2.75, 3.05) is 51.0 Å². The third-order valence-corrected chi connectivity index (χ3v) is 8.41. The van der Waals surface area contributed by atoms with Crippen LogP contribution in [0.15, 0.2) is 77.8 Å². The molecule has 1 aliphatic rings. The molecule has 0 bridgehead atoms. The fourth-order valence-corrected chi connectivity index (χ4v) is 4.95. The second kappa shape index (κ2) is 15.1. The molecule has 12 nitrogen and oxygen atoms in total. The zero-order chi connectivity index (χ0) is 33.4. The average Bonchev–Trinajstić information content (AvgIpc) is 3.39. The Morgan fingerprint density at radius 3 is 2.35 bits per heavy atom. The number of carbonyl (C=O) groups excluding carboxylic acids is 2. The van der Waals surface area contributed by atoms with Gasteiger partial charge in [-0.3, -0.25) is 14.2 Å². The minimum Gasteiger partial charge on any atom is -0.494 e. The standard InChI is InChI=1S/C31H33N5O4.C2H6O3S/c1-20-18-32-15-16-36(20)19-27(37)35(2)24-12-10-23(11-13-24)33-29(21-7-5-4-6-8-21)28-25-14-9-22(31(39)40-3)17-26(25)34-30(28)38;1-2-6(3,4)5/h4-14,17,20,32,34,38H,15-16,18-19H2,1-3H3;2H2,1H3,(H,3,4,5). The number of aromatic hydroxyl groups is 1. The molecule has 1 saturated heterocycles. The Morgan fingerprint density at radius 2 is 1.74 bits per heavy atom. The van der Waals surface area contributed by atoms with Crippen LogP contribution >= 0.6 is 0 Å². The molecule has 0 saturated carbocycles. The van der Waals surface area contributed by atoms with E-state index in [9.17, 15) is 23.1 Å². The Balaban J connectivity index is 0.000000731. The number of esters is 1. The fourth-order valence-electron chi connectivity index (χ4n) is 4.95. The zero-order valence-corrected chi connectivity index (χ0v) is 27.0. The van der Waals surface area contributed by atoms with Crippen molar-refractivity contribution in [2.45, 2.75) is 19.9 Å². The molecule has 1 aliphatic heterocycles. The first-order chi connectivity index (χ1) is 21.9. The van der Waals surface area contributed by atoms with Crippen molar-refractivity contribution in [1.29, 1.82) is 0 Å². The Bertz CT molecular complexity index is 1810. The highest BCUT2D eigenvalue weighted by atomic mass is 32.2. The molecule has 4 aromatic rings. The largest absolute Gasteiger partial charge is 0.494 e. The van der Waals surface area contributed by atoms with Crippen molar-refractivity contribution in [2.24, 2.45) is 4.99 Å². The van der Waals surface area contributed by atoms with E-state index in [4.69, 9.17) is 14.3 Å². The van der Waals surface area contributed by atoms with Crippen LogP contribution in [0.5, 0.6) is 5.88 Å². The summed E-state index contributed by atoms with van der Waals surface area (Å²) in [5, 5.41) is 15.0. The summed E-state index contributed by atoms with van der Waals surface area (Å²) < 4.78 is 31.7. The second-order valence-electron chi connectivity index (χ2n) is 10.8. The normalized spacial score (nSPS) is 15.6. The number of hydrogen-bond donors (Lipinski definition) is 4. The SMILES string of the molecule is CCS(=O)(=O)O.COC(=O)c1ccc2c(C(=Nc3ccc(N(C)C(=O)CN4CCNCC4C)cc3)c3ccccc3)c(O)[nH]c2c1. The summed E-state index contributed by atoms with van der Waals surface area (Å²) in [4.78, 5) is 36.8. The van der Waals surface area contributed by atoms with Gasteiger partial charge in [0.15, 0.2) is 5.88 Å². The van der Waals surface area contributed by atoms with Crippen LogP contribution in [-0.4, -0.2) is 97.7 Å². The average molecular weight is 650 g/mol. The van der Waals surface area contributed by atoms with Crippen molar-refractivity contribution in [3.8, 4) is 5.88 Å². The number of rotatable bonds is 8. The number of benzene rings is 3. The Hall–Kier alpha value is -4.56. The lowest BCUT2D eigenvalue weighted by atomic mass is 10.00. The number of aliphatic imine (C=N–C) groups is 1. The molecule has 0 spiro atoms. The van der Waals surface area contributed by atoms with Gasteiger partial charge in [-0.1, -0.05) is 36.4 Å². The minimum atomic E-state index is -3.66. The molecule has 244 valence electrons. The van der Waals surface area contributed by atoms with E-state index in [1.807, 2.05) is 54.6 Å². The van der Waals surface area contributed by atoms with E-state index in [0.717, 1.165) is 36.3 Å². The van der Waals surface area contributed by atoms with Gasteiger partial charge in [-0.2, -0.15) is 8.42 Å². The van der Waals surface area contributed by atoms with Crippen LogP contribution < -0.4 is 10.2 Å². The number of aromatic amines is 1. The number of amides is 1. The third kappa shape index (κ3) is 8.57. The highest BCUT2D eigenvalue weighted by molar-refractivity contribution is 7.85. The molecular weight excluding hydrogens is 610 g/mol. The van der Waals surface area contributed by atoms with Gasteiger partial charge in [0, 0.05) is 54.9 Å². The lowest BCUT2D eigenvalue weighted by Gasteiger charge is -2.34. The highest BCUT2D eigenvalue weighted by Crippen LogP contribution is 2.32. The van der Waals surface area contributed by atoms with Crippen LogP contribution in [0.2, 0.25) is 0 Å². The van der Waals surface area contributed by atoms with Crippen molar-refractivity contribution in [1.82, 2.24) is 15.2 Å². The van der Waals surface area contributed by atoms with Gasteiger partial charge in [0.2, 0.25) is 5.91 Å². The van der Waals surface area contributed by atoms with E-state index in [1.54, 1.807) is 30.1 Å². The Kier molecular flexibility index (Phi) is 11.3. The second-order valence-corrected chi connectivity index (χ2v) is 12.5. The van der Waals surface area contributed by atoms with Gasteiger partial charge >= 0.3 is 5.97 Å². The number of methoxy groups -OCH3 is 1. The summed E-state index contributed by atoms with van der Waals surface area (Å²) in [5.74, 6) is -0.679. The van der Waals surface area contributed by atoms with Crippen LogP contribution in [0.1, 0.15) is 35.3 Å². The van der Waals surface area contributed by atoms with Crippen molar-refractivity contribution in [3.05, 3.63) is 89.5 Å². The summed E-state index contributed by atoms with van der Waals surface area (Å²) in [6, 6.07) is 22.5. The monoisotopic (exact) mass is 649 g/mol. The van der Waals surface area contributed by atoms with Crippen LogP contribution in [0.3, 0.4) is 0 Å². The van der Waals surface area contributed by atoms with Crippen LogP contribution in [0.4, 0.5) is 11.4 Å². The van der Waals surface area contributed by atoms with E-state index in [-0.39, 0.29) is 17.5 Å². The van der Waals surface area contributed by atoms with Crippen LogP contribution in [0.25, 0.3) is 10.9 Å². The number of nitrogens with zero attached hydrogens (tertiary/aromatic N) is 3. The summed E-state index contributed by atoms with van der Waals surface area (Å²) in [7, 11) is -0.545. The number of fused-ring (bicyclic) bond motifs is 1. The maximum atomic E-state index is 13.0. The Labute approximate surface area is 268 Å². The number of aromatic nitrogens is 1. The van der Waals surface area contributed by atoms with Crippen molar-refractivity contribution >= 4 is 50.0 Å². The minimum absolute atomic E-state index is 0.0324. The van der Waals surface area contributed by atoms with Crippen LogP contribution in [-0.2, 0) is 19.6 Å². The first-order valence-corrected chi connectivity index (χ1v) is 16.4. The Morgan fingerprint density at radius 1 is 1.07 bits per heavy atom. The summed E-state index contributed by atoms with van der Waals surface area (Å²) in [6.07, 6.45) is 0. The first kappa shape index (κ1) is 34.3. The quantitative estimate of drug-likeness (QED) is 0.126. The molecule has 1 aromatic heterocycles. The first-order valence-electron chi connectivity index (χ1n) is 14.8. The maximum Gasteiger partial charge on any atom is 0.337 e. The molecule has 13 heteroatoms. The molecule has 1 unspecified atom stereocenters. The van der Waals surface area contributed by atoms with Crippen molar-refractivity contribution in [3.63, 3.8) is 0 Å². The summed E-state index contributed by atoms with van der Waals surface area (Å²) >= 11 is 0. The topological polar surface area (TPSA) is 165 Å². The van der Waals surface area contributed by atoms with Gasteiger partial charge in [0.25, 0.3) is 10.1 Å². The number of likely N-dealkylation sites (N-methyl/N-ethyl adjacent to an activating group) is 1. The predicted molar refractivity (Wildman–Crippen MR) is 179 cm³/mol. The third-order valence-electron chi connectivity index (χ3n) is 7.68. The number of hydrogen-bond acceptors (Lipinski definition) is 9.